The second-order valence-corrected chi connectivity index (χ2v) is 7.98. The summed E-state index contributed by atoms with van der Waals surface area (Å²) in [6, 6.07) is 10.5. The highest BCUT2D eigenvalue weighted by Gasteiger charge is 2.19. The number of rotatable bonds is 5. The van der Waals surface area contributed by atoms with Gasteiger partial charge in [-0.05, 0) is 42.3 Å². The Morgan fingerprint density at radius 3 is 2.92 bits per heavy atom. The van der Waals surface area contributed by atoms with Crippen molar-refractivity contribution in [3.8, 4) is 0 Å². The fraction of sp³-hybridized carbons (Fsp3) is 0.222. The van der Waals surface area contributed by atoms with E-state index in [9.17, 15) is 13.2 Å². The molecule has 134 valence electrons. The fourth-order valence-corrected chi connectivity index (χ4v) is 4.11. The van der Waals surface area contributed by atoms with Gasteiger partial charge < -0.3 is 9.72 Å². The zero-order valence-corrected chi connectivity index (χ0v) is 14.8. The highest BCUT2D eigenvalue weighted by Crippen LogP contribution is 2.25. The SMILES string of the molecule is O=C1CCc2cc(S(=O)(=O)NCCc3cn4ccccc4n3)ccc2N1. The summed E-state index contributed by atoms with van der Waals surface area (Å²) >= 11 is 0. The third-order valence-corrected chi connectivity index (χ3v) is 5.83. The second kappa shape index (κ2) is 6.54. The predicted octanol–water partition coefficient (Wildman–Crippen LogP) is 1.74. The first-order chi connectivity index (χ1) is 12.5. The molecule has 0 saturated carbocycles. The highest BCUT2D eigenvalue weighted by atomic mass is 32.2. The van der Waals surface area contributed by atoms with Crippen molar-refractivity contribution in [1.82, 2.24) is 14.1 Å². The zero-order valence-electron chi connectivity index (χ0n) is 14.0. The molecule has 0 spiro atoms. The van der Waals surface area contributed by atoms with Crippen LogP contribution in [-0.2, 0) is 27.7 Å². The molecule has 0 radical (unpaired) electrons. The van der Waals surface area contributed by atoms with Crippen molar-refractivity contribution >= 4 is 27.3 Å². The first-order valence-electron chi connectivity index (χ1n) is 8.36. The van der Waals surface area contributed by atoms with Gasteiger partial charge in [-0.1, -0.05) is 6.07 Å². The lowest BCUT2D eigenvalue weighted by Crippen LogP contribution is -2.26. The van der Waals surface area contributed by atoms with Crippen LogP contribution in [0.1, 0.15) is 17.7 Å². The maximum Gasteiger partial charge on any atom is 0.240 e. The summed E-state index contributed by atoms with van der Waals surface area (Å²) in [7, 11) is -3.60. The molecule has 0 fully saturated rings. The Kier molecular flexibility index (Phi) is 4.21. The number of amides is 1. The summed E-state index contributed by atoms with van der Waals surface area (Å²) in [6.07, 6.45) is 5.22. The molecule has 0 bridgehead atoms. The number of benzene rings is 1. The molecule has 1 aliphatic rings. The van der Waals surface area contributed by atoms with Gasteiger partial charge in [-0.15, -0.1) is 0 Å². The van der Waals surface area contributed by atoms with E-state index in [2.05, 4.69) is 15.0 Å². The number of nitrogens with one attached hydrogen (secondary N) is 2. The number of carbonyl (C=O) groups excluding carboxylic acids is 1. The van der Waals surface area contributed by atoms with Crippen LogP contribution in [0.3, 0.4) is 0 Å². The number of fused-ring (bicyclic) bond motifs is 2. The molecule has 0 saturated heterocycles. The maximum absolute atomic E-state index is 12.5. The molecule has 8 heteroatoms. The van der Waals surface area contributed by atoms with Gasteiger partial charge in [-0.3, -0.25) is 4.79 Å². The van der Waals surface area contributed by atoms with Crippen LogP contribution in [0.5, 0.6) is 0 Å². The van der Waals surface area contributed by atoms with Gasteiger partial charge in [0.2, 0.25) is 15.9 Å². The van der Waals surface area contributed by atoms with E-state index in [0.717, 1.165) is 16.9 Å². The zero-order chi connectivity index (χ0) is 18.1. The molecule has 4 rings (SSSR count). The van der Waals surface area contributed by atoms with Crippen LogP contribution in [0.25, 0.3) is 5.65 Å². The number of aryl methyl sites for hydroxylation is 1. The minimum atomic E-state index is -3.60. The van der Waals surface area contributed by atoms with Crippen LogP contribution in [0, 0.1) is 0 Å². The number of aromatic nitrogens is 2. The van der Waals surface area contributed by atoms with E-state index in [0.29, 0.717) is 24.9 Å². The van der Waals surface area contributed by atoms with Crippen LogP contribution >= 0.6 is 0 Å². The van der Waals surface area contributed by atoms with E-state index in [1.54, 1.807) is 12.1 Å². The minimum absolute atomic E-state index is 0.0429. The van der Waals surface area contributed by atoms with E-state index < -0.39 is 10.0 Å². The van der Waals surface area contributed by atoms with Gasteiger partial charge in [-0.2, -0.15) is 0 Å². The monoisotopic (exact) mass is 370 g/mol. The average Bonchev–Trinajstić information content (AvgIpc) is 3.03. The van der Waals surface area contributed by atoms with Gasteiger partial charge in [0.25, 0.3) is 0 Å². The molecule has 0 unspecified atom stereocenters. The topological polar surface area (TPSA) is 92.6 Å². The smallest absolute Gasteiger partial charge is 0.240 e. The van der Waals surface area contributed by atoms with Crippen LogP contribution in [0.15, 0.2) is 53.7 Å². The quantitative estimate of drug-likeness (QED) is 0.715. The maximum atomic E-state index is 12.5. The number of anilines is 1. The van der Waals surface area contributed by atoms with E-state index in [1.807, 2.05) is 35.0 Å². The minimum Gasteiger partial charge on any atom is -0.326 e. The predicted molar refractivity (Wildman–Crippen MR) is 97.5 cm³/mol. The average molecular weight is 370 g/mol. The number of hydrogen-bond donors (Lipinski definition) is 2. The van der Waals surface area contributed by atoms with Crippen molar-refractivity contribution in [2.45, 2.75) is 24.2 Å². The summed E-state index contributed by atoms with van der Waals surface area (Å²) in [6.45, 7) is 0.264. The number of carbonyl (C=O) groups is 1. The summed E-state index contributed by atoms with van der Waals surface area (Å²) in [5.74, 6) is -0.0429. The second-order valence-electron chi connectivity index (χ2n) is 6.21. The molecule has 1 amide bonds. The van der Waals surface area contributed by atoms with Crippen molar-refractivity contribution < 1.29 is 13.2 Å². The normalized spacial score (nSPS) is 14.2. The van der Waals surface area contributed by atoms with Crippen molar-refractivity contribution in [3.05, 3.63) is 60.0 Å². The molecule has 3 aromatic rings. The van der Waals surface area contributed by atoms with Crippen LogP contribution in [0.2, 0.25) is 0 Å². The van der Waals surface area contributed by atoms with E-state index in [4.69, 9.17) is 0 Å². The molecule has 0 atom stereocenters. The van der Waals surface area contributed by atoms with Crippen LogP contribution in [-0.4, -0.2) is 30.3 Å². The lowest BCUT2D eigenvalue weighted by atomic mass is 10.0. The standard InChI is InChI=1S/C18H18N4O3S/c23-18-7-4-13-11-15(5-6-16(13)21-18)26(24,25)19-9-8-14-12-22-10-2-1-3-17(22)20-14/h1-3,5-6,10-12,19H,4,7-9H2,(H,21,23). The Labute approximate surface area is 151 Å². The largest absolute Gasteiger partial charge is 0.326 e. The van der Waals surface area contributed by atoms with Crippen molar-refractivity contribution in [2.24, 2.45) is 0 Å². The Balaban J connectivity index is 1.44. The van der Waals surface area contributed by atoms with Gasteiger partial charge in [0.15, 0.2) is 0 Å². The Hall–Kier alpha value is -2.71. The molecular weight excluding hydrogens is 352 g/mol. The number of nitrogens with zero attached hydrogens (tertiary/aromatic N) is 2. The first-order valence-corrected chi connectivity index (χ1v) is 9.85. The lowest BCUT2D eigenvalue weighted by Gasteiger charge is -2.17. The van der Waals surface area contributed by atoms with Crippen molar-refractivity contribution in [1.29, 1.82) is 0 Å². The van der Waals surface area contributed by atoms with Crippen molar-refractivity contribution in [2.75, 3.05) is 11.9 Å². The van der Waals surface area contributed by atoms with Crippen LogP contribution < -0.4 is 10.0 Å². The molecule has 26 heavy (non-hydrogen) atoms. The fourth-order valence-electron chi connectivity index (χ4n) is 3.03. The van der Waals surface area contributed by atoms with Gasteiger partial charge in [0.05, 0.1) is 10.6 Å². The summed E-state index contributed by atoms with van der Waals surface area (Å²) in [5.41, 5.74) is 3.19. The van der Waals surface area contributed by atoms with Crippen molar-refractivity contribution in [3.63, 3.8) is 0 Å². The number of hydrogen-bond acceptors (Lipinski definition) is 4. The first kappa shape index (κ1) is 16.7. The third kappa shape index (κ3) is 3.33. The molecular formula is C18H18N4O3S. The van der Waals surface area contributed by atoms with E-state index in [1.165, 1.54) is 6.07 Å². The summed E-state index contributed by atoms with van der Waals surface area (Å²) in [4.78, 5) is 16.1. The van der Waals surface area contributed by atoms with E-state index in [-0.39, 0.29) is 17.3 Å². The molecule has 2 aromatic heterocycles. The number of sulfonamides is 1. The molecule has 2 N–H and O–H groups in total. The summed E-state index contributed by atoms with van der Waals surface area (Å²) in [5, 5.41) is 2.75. The molecule has 3 heterocycles. The summed E-state index contributed by atoms with van der Waals surface area (Å²) < 4.78 is 29.6. The Morgan fingerprint density at radius 1 is 1.19 bits per heavy atom. The van der Waals surface area contributed by atoms with Crippen LogP contribution in [0.4, 0.5) is 5.69 Å². The Morgan fingerprint density at radius 2 is 2.08 bits per heavy atom. The number of imidazole rings is 1. The van der Waals surface area contributed by atoms with Gasteiger partial charge in [0, 0.05) is 37.5 Å². The van der Waals surface area contributed by atoms with Gasteiger partial charge in [-0.25, -0.2) is 18.1 Å². The molecule has 1 aromatic carbocycles. The molecule has 7 nitrogen and oxygen atoms in total. The molecule has 0 aliphatic carbocycles. The van der Waals surface area contributed by atoms with Gasteiger partial charge in [0.1, 0.15) is 5.65 Å². The third-order valence-electron chi connectivity index (χ3n) is 4.37. The van der Waals surface area contributed by atoms with Gasteiger partial charge >= 0.3 is 0 Å². The molecule has 1 aliphatic heterocycles. The van der Waals surface area contributed by atoms with E-state index >= 15 is 0 Å². The highest BCUT2D eigenvalue weighted by molar-refractivity contribution is 7.89. The number of pyridine rings is 1. The lowest BCUT2D eigenvalue weighted by molar-refractivity contribution is -0.116. The Bertz CT molecular complexity index is 1060.